The molecular formula is C16H27NO2. The zero-order valence-corrected chi connectivity index (χ0v) is 12.7. The minimum absolute atomic E-state index is 0.0138. The number of aliphatic hydroxyl groups excluding tert-OH is 1. The summed E-state index contributed by atoms with van der Waals surface area (Å²) in [6.07, 6.45) is -0.496. The molecule has 3 heteroatoms. The predicted octanol–water partition coefficient (Wildman–Crippen LogP) is 2.94. The molecule has 1 rings (SSSR count). The Morgan fingerprint density at radius 2 is 1.74 bits per heavy atom. The summed E-state index contributed by atoms with van der Waals surface area (Å²) in [6, 6.07) is 8.05. The number of hydrogen-bond donors (Lipinski definition) is 2. The summed E-state index contributed by atoms with van der Waals surface area (Å²) in [6.45, 7) is 11.4. The molecule has 1 aromatic carbocycles. The van der Waals surface area contributed by atoms with E-state index in [0.717, 1.165) is 5.75 Å². The first-order valence-corrected chi connectivity index (χ1v) is 6.94. The summed E-state index contributed by atoms with van der Waals surface area (Å²) in [5, 5.41) is 13.1. The van der Waals surface area contributed by atoms with Gasteiger partial charge in [0.05, 0.1) is 0 Å². The second-order valence-electron chi connectivity index (χ2n) is 6.32. The third-order valence-electron chi connectivity index (χ3n) is 2.86. The number of benzene rings is 1. The van der Waals surface area contributed by atoms with Crippen LogP contribution in [0.3, 0.4) is 0 Å². The molecule has 0 amide bonds. The van der Waals surface area contributed by atoms with Crippen LogP contribution < -0.4 is 10.1 Å². The number of nitrogens with one attached hydrogen (secondary N) is 1. The molecule has 0 aliphatic carbocycles. The Balaban J connectivity index is 2.35. The van der Waals surface area contributed by atoms with Gasteiger partial charge in [-0.25, -0.2) is 0 Å². The molecule has 108 valence electrons. The first-order chi connectivity index (χ1) is 8.78. The van der Waals surface area contributed by atoms with Crippen LogP contribution >= 0.6 is 0 Å². The normalized spacial score (nSPS) is 13.6. The van der Waals surface area contributed by atoms with Crippen LogP contribution in [0.1, 0.15) is 46.1 Å². The van der Waals surface area contributed by atoms with Crippen LogP contribution in [0.25, 0.3) is 0 Å². The summed E-state index contributed by atoms with van der Waals surface area (Å²) in [4.78, 5) is 0. The highest BCUT2D eigenvalue weighted by Gasteiger charge is 2.12. The Bertz CT molecular complexity index is 365. The Kier molecular flexibility index (Phi) is 5.83. The fourth-order valence-corrected chi connectivity index (χ4v) is 1.62. The van der Waals surface area contributed by atoms with Gasteiger partial charge in [0.25, 0.3) is 0 Å². The van der Waals surface area contributed by atoms with E-state index >= 15 is 0 Å². The lowest BCUT2D eigenvalue weighted by molar-refractivity contribution is 0.100. The summed E-state index contributed by atoms with van der Waals surface area (Å²) >= 11 is 0. The van der Waals surface area contributed by atoms with Gasteiger partial charge < -0.3 is 15.2 Å². The lowest BCUT2D eigenvalue weighted by Crippen LogP contribution is -2.42. The zero-order valence-electron chi connectivity index (χ0n) is 12.7. The van der Waals surface area contributed by atoms with Crippen molar-refractivity contribution >= 4 is 0 Å². The maximum atomic E-state index is 9.83. The SMILES string of the molecule is CC(C)c1ccc(OCC(O)CNC(C)(C)C)cc1. The number of rotatable bonds is 6. The molecule has 0 fully saturated rings. The van der Waals surface area contributed by atoms with Crippen molar-refractivity contribution in [3.05, 3.63) is 29.8 Å². The van der Waals surface area contributed by atoms with Gasteiger partial charge in [-0.05, 0) is 44.4 Å². The van der Waals surface area contributed by atoms with Gasteiger partial charge in [0.2, 0.25) is 0 Å². The quantitative estimate of drug-likeness (QED) is 0.831. The van der Waals surface area contributed by atoms with Crippen LogP contribution in [0, 0.1) is 0 Å². The summed E-state index contributed by atoms with van der Waals surface area (Å²) in [5.74, 6) is 1.33. The number of hydrogen-bond acceptors (Lipinski definition) is 3. The Morgan fingerprint density at radius 3 is 2.21 bits per heavy atom. The number of ether oxygens (including phenoxy) is 1. The fourth-order valence-electron chi connectivity index (χ4n) is 1.62. The molecule has 19 heavy (non-hydrogen) atoms. The van der Waals surface area contributed by atoms with Crippen LogP contribution in [-0.4, -0.2) is 29.9 Å². The molecule has 3 nitrogen and oxygen atoms in total. The van der Waals surface area contributed by atoms with E-state index in [4.69, 9.17) is 4.74 Å². The molecule has 0 aromatic heterocycles. The van der Waals surface area contributed by atoms with Crippen LogP contribution in [0.4, 0.5) is 0 Å². The van der Waals surface area contributed by atoms with E-state index < -0.39 is 6.10 Å². The Hall–Kier alpha value is -1.06. The van der Waals surface area contributed by atoms with Gasteiger partial charge >= 0.3 is 0 Å². The van der Waals surface area contributed by atoms with Crippen molar-refractivity contribution < 1.29 is 9.84 Å². The third-order valence-corrected chi connectivity index (χ3v) is 2.86. The van der Waals surface area contributed by atoms with E-state index in [0.29, 0.717) is 19.1 Å². The Labute approximate surface area is 117 Å². The van der Waals surface area contributed by atoms with Gasteiger partial charge in [-0.15, -0.1) is 0 Å². The van der Waals surface area contributed by atoms with E-state index in [2.05, 4.69) is 52.1 Å². The van der Waals surface area contributed by atoms with Gasteiger partial charge in [0, 0.05) is 12.1 Å². The lowest BCUT2D eigenvalue weighted by atomic mass is 10.0. The molecule has 0 saturated heterocycles. The van der Waals surface area contributed by atoms with Crippen LogP contribution in [-0.2, 0) is 0 Å². The van der Waals surface area contributed by atoms with Crippen LogP contribution in [0.15, 0.2) is 24.3 Å². The molecule has 0 saturated carbocycles. The first kappa shape index (κ1) is 16.0. The summed E-state index contributed by atoms with van der Waals surface area (Å²) in [7, 11) is 0. The van der Waals surface area contributed by atoms with Gasteiger partial charge in [-0.3, -0.25) is 0 Å². The second kappa shape index (κ2) is 6.92. The lowest BCUT2D eigenvalue weighted by Gasteiger charge is -2.23. The molecular weight excluding hydrogens is 238 g/mol. The first-order valence-electron chi connectivity index (χ1n) is 6.94. The topological polar surface area (TPSA) is 41.5 Å². The van der Waals surface area contributed by atoms with Gasteiger partial charge in [0.1, 0.15) is 18.5 Å². The molecule has 1 aromatic rings. The molecule has 1 atom stereocenters. The van der Waals surface area contributed by atoms with Crippen molar-refractivity contribution in [2.45, 2.75) is 52.2 Å². The maximum Gasteiger partial charge on any atom is 0.119 e. The van der Waals surface area contributed by atoms with E-state index in [-0.39, 0.29) is 5.54 Å². The smallest absolute Gasteiger partial charge is 0.119 e. The molecule has 0 aliphatic rings. The van der Waals surface area contributed by atoms with Crippen molar-refractivity contribution in [3.8, 4) is 5.75 Å². The van der Waals surface area contributed by atoms with Crippen molar-refractivity contribution in [1.82, 2.24) is 5.32 Å². The van der Waals surface area contributed by atoms with Gasteiger partial charge in [-0.1, -0.05) is 26.0 Å². The largest absolute Gasteiger partial charge is 0.491 e. The van der Waals surface area contributed by atoms with Crippen LogP contribution in [0.5, 0.6) is 5.75 Å². The summed E-state index contributed by atoms with van der Waals surface area (Å²) < 4.78 is 5.58. The van der Waals surface area contributed by atoms with E-state index in [1.54, 1.807) is 0 Å². The maximum absolute atomic E-state index is 9.83. The van der Waals surface area contributed by atoms with E-state index in [9.17, 15) is 5.11 Å². The van der Waals surface area contributed by atoms with Gasteiger partial charge in [0.15, 0.2) is 0 Å². The van der Waals surface area contributed by atoms with E-state index in [1.807, 2.05) is 12.1 Å². The molecule has 0 bridgehead atoms. The highest BCUT2D eigenvalue weighted by Crippen LogP contribution is 2.18. The average Bonchev–Trinajstić information content (AvgIpc) is 2.33. The molecule has 0 aliphatic heterocycles. The highest BCUT2D eigenvalue weighted by molar-refractivity contribution is 5.28. The number of β-amino-alcohol motifs (C(OH)–C–C–N with tert-alkyl or cyclic N) is 1. The predicted molar refractivity (Wildman–Crippen MR) is 79.8 cm³/mol. The van der Waals surface area contributed by atoms with Crippen molar-refractivity contribution in [2.75, 3.05) is 13.2 Å². The van der Waals surface area contributed by atoms with Crippen LogP contribution in [0.2, 0.25) is 0 Å². The van der Waals surface area contributed by atoms with Crippen molar-refractivity contribution in [3.63, 3.8) is 0 Å². The van der Waals surface area contributed by atoms with Crippen molar-refractivity contribution in [1.29, 1.82) is 0 Å². The minimum Gasteiger partial charge on any atom is -0.491 e. The second-order valence-corrected chi connectivity index (χ2v) is 6.32. The summed E-state index contributed by atoms with van der Waals surface area (Å²) in [5.41, 5.74) is 1.31. The molecule has 1 unspecified atom stereocenters. The zero-order chi connectivity index (χ0) is 14.5. The minimum atomic E-state index is -0.496. The Morgan fingerprint density at radius 1 is 1.16 bits per heavy atom. The highest BCUT2D eigenvalue weighted by atomic mass is 16.5. The molecule has 0 heterocycles. The van der Waals surface area contributed by atoms with E-state index in [1.165, 1.54) is 5.56 Å². The number of aliphatic hydroxyl groups is 1. The average molecular weight is 265 g/mol. The molecule has 2 N–H and O–H groups in total. The van der Waals surface area contributed by atoms with Crippen molar-refractivity contribution in [2.24, 2.45) is 0 Å². The molecule has 0 spiro atoms. The standard InChI is InChI=1S/C16H27NO2/c1-12(2)13-6-8-15(9-7-13)19-11-14(18)10-17-16(3,4)5/h6-9,12,14,17-18H,10-11H2,1-5H3. The van der Waals surface area contributed by atoms with Gasteiger partial charge in [-0.2, -0.15) is 0 Å². The monoisotopic (exact) mass is 265 g/mol. The molecule has 0 radical (unpaired) electrons. The fraction of sp³-hybridized carbons (Fsp3) is 0.625. The third kappa shape index (κ3) is 6.60.